The molecule has 0 spiro atoms. The van der Waals surface area contributed by atoms with Crippen LogP contribution in [0, 0.1) is 0 Å². The zero-order valence-electron chi connectivity index (χ0n) is 11.8. The predicted octanol–water partition coefficient (Wildman–Crippen LogP) is 2.18. The van der Waals surface area contributed by atoms with Gasteiger partial charge in [0.25, 0.3) is 0 Å². The topological polar surface area (TPSA) is 62.7 Å². The smallest absolute Gasteiger partial charge is 0.224 e. The van der Waals surface area contributed by atoms with E-state index in [1.807, 2.05) is 12.1 Å². The van der Waals surface area contributed by atoms with E-state index in [2.05, 4.69) is 9.97 Å². The van der Waals surface area contributed by atoms with Crippen molar-refractivity contribution in [3.05, 3.63) is 24.3 Å². The third kappa shape index (κ3) is 2.59. The third-order valence-electron chi connectivity index (χ3n) is 2.76. The van der Waals surface area contributed by atoms with Crippen molar-refractivity contribution in [2.75, 3.05) is 28.4 Å². The summed E-state index contributed by atoms with van der Waals surface area (Å²) in [6.45, 7) is 0. The Labute approximate surface area is 117 Å². The summed E-state index contributed by atoms with van der Waals surface area (Å²) in [6, 6.07) is 7.19. The van der Waals surface area contributed by atoms with Crippen molar-refractivity contribution in [2.24, 2.45) is 0 Å². The maximum absolute atomic E-state index is 5.29. The summed E-state index contributed by atoms with van der Waals surface area (Å²) in [7, 11) is 6.21. The molecule has 0 radical (unpaired) electrons. The molecule has 0 fully saturated rings. The number of ether oxygens (including phenoxy) is 4. The number of nitrogens with zero attached hydrogens (tertiary/aromatic N) is 2. The molecule has 2 aromatic rings. The number of hydrogen-bond acceptors (Lipinski definition) is 6. The van der Waals surface area contributed by atoms with Gasteiger partial charge in [0.05, 0.1) is 28.4 Å². The number of rotatable bonds is 5. The maximum Gasteiger partial charge on any atom is 0.224 e. The first-order valence-corrected chi connectivity index (χ1v) is 5.92. The summed E-state index contributed by atoms with van der Waals surface area (Å²) in [5.41, 5.74) is 1.53. The first-order chi connectivity index (χ1) is 9.73. The quantitative estimate of drug-likeness (QED) is 0.834. The van der Waals surface area contributed by atoms with E-state index in [4.69, 9.17) is 18.9 Å². The molecule has 6 nitrogen and oxygen atoms in total. The molecule has 0 N–H and O–H groups in total. The van der Waals surface area contributed by atoms with E-state index < -0.39 is 0 Å². The molecule has 0 aliphatic heterocycles. The highest BCUT2D eigenvalue weighted by Crippen LogP contribution is 2.36. The van der Waals surface area contributed by atoms with Gasteiger partial charge in [0.1, 0.15) is 0 Å². The molecule has 0 aromatic carbocycles. The molecule has 0 saturated carbocycles. The van der Waals surface area contributed by atoms with E-state index in [1.54, 1.807) is 40.6 Å². The van der Waals surface area contributed by atoms with Crippen LogP contribution in [-0.4, -0.2) is 38.4 Å². The minimum Gasteiger partial charge on any atom is -0.481 e. The monoisotopic (exact) mass is 276 g/mol. The molecule has 2 heterocycles. The Morgan fingerprint density at radius 1 is 0.600 bits per heavy atom. The highest BCUT2D eigenvalue weighted by atomic mass is 16.5. The molecule has 20 heavy (non-hydrogen) atoms. The zero-order valence-corrected chi connectivity index (χ0v) is 11.8. The number of methoxy groups -OCH3 is 4. The Morgan fingerprint density at radius 2 is 1.00 bits per heavy atom. The van der Waals surface area contributed by atoms with Crippen LogP contribution < -0.4 is 18.9 Å². The van der Waals surface area contributed by atoms with Gasteiger partial charge in [-0.25, -0.2) is 0 Å². The van der Waals surface area contributed by atoms with Crippen LogP contribution in [0.5, 0.6) is 23.5 Å². The minimum atomic E-state index is 0.439. The van der Waals surface area contributed by atoms with Crippen LogP contribution in [0.15, 0.2) is 24.3 Å². The summed E-state index contributed by atoms with van der Waals surface area (Å²) in [5, 5.41) is 0. The van der Waals surface area contributed by atoms with Gasteiger partial charge in [-0.15, -0.1) is 0 Å². The van der Waals surface area contributed by atoms with Crippen molar-refractivity contribution in [2.45, 2.75) is 0 Å². The lowest BCUT2D eigenvalue weighted by Crippen LogP contribution is -1.98. The molecule has 0 aliphatic rings. The largest absolute Gasteiger partial charge is 0.481 e. The molecule has 106 valence electrons. The molecule has 0 unspecified atom stereocenters. The number of pyridine rings is 2. The number of hydrogen-bond donors (Lipinski definition) is 0. The Bertz CT molecular complexity index is 548. The van der Waals surface area contributed by atoms with Gasteiger partial charge in [0.2, 0.25) is 23.5 Å². The van der Waals surface area contributed by atoms with Gasteiger partial charge in [-0.05, 0) is 12.1 Å². The van der Waals surface area contributed by atoms with E-state index in [0.717, 1.165) is 11.1 Å². The molecule has 2 aromatic heterocycles. The fraction of sp³-hybridized carbons (Fsp3) is 0.286. The van der Waals surface area contributed by atoms with Crippen molar-refractivity contribution in [3.8, 4) is 34.6 Å². The molecular weight excluding hydrogens is 260 g/mol. The fourth-order valence-corrected chi connectivity index (χ4v) is 1.80. The third-order valence-corrected chi connectivity index (χ3v) is 2.76. The van der Waals surface area contributed by atoms with Gasteiger partial charge in [-0.1, -0.05) is 0 Å². The Balaban J connectivity index is 2.55. The second-order valence-corrected chi connectivity index (χ2v) is 3.82. The average molecular weight is 276 g/mol. The second-order valence-electron chi connectivity index (χ2n) is 3.82. The molecule has 2 rings (SSSR count). The van der Waals surface area contributed by atoms with E-state index in [1.165, 1.54) is 0 Å². The van der Waals surface area contributed by atoms with Crippen LogP contribution in [0.1, 0.15) is 0 Å². The van der Waals surface area contributed by atoms with Crippen molar-refractivity contribution in [1.82, 2.24) is 9.97 Å². The Morgan fingerprint density at radius 3 is 1.30 bits per heavy atom. The fourth-order valence-electron chi connectivity index (χ4n) is 1.80. The van der Waals surface area contributed by atoms with Crippen molar-refractivity contribution >= 4 is 0 Å². The summed E-state index contributed by atoms with van der Waals surface area (Å²) in [6.07, 6.45) is 0. The lowest BCUT2D eigenvalue weighted by molar-refractivity contribution is 0.361. The standard InChI is InChI=1S/C14H16N2O4/c1-17-11-7-5-9(13(15-11)19-3)10-6-8-12(18-2)16-14(10)20-4/h5-8H,1-4H3. The predicted molar refractivity (Wildman–Crippen MR) is 73.7 cm³/mol. The summed E-state index contributed by atoms with van der Waals surface area (Å²) < 4.78 is 20.8. The van der Waals surface area contributed by atoms with E-state index in [0.29, 0.717) is 23.5 Å². The lowest BCUT2D eigenvalue weighted by atomic mass is 10.1. The van der Waals surface area contributed by atoms with Gasteiger partial charge >= 0.3 is 0 Å². The summed E-state index contributed by atoms with van der Waals surface area (Å²) in [5.74, 6) is 1.83. The molecule has 0 bridgehead atoms. The molecule has 0 atom stereocenters. The Hall–Kier alpha value is -2.50. The first-order valence-electron chi connectivity index (χ1n) is 5.92. The van der Waals surface area contributed by atoms with Gasteiger partial charge in [-0.2, -0.15) is 9.97 Å². The molecule has 6 heteroatoms. The van der Waals surface area contributed by atoms with E-state index in [-0.39, 0.29) is 0 Å². The zero-order chi connectivity index (χ0) is 14.5. The molecule has 0 amide bonds. The van der Waals surface area contributed by atoms with Crippen LogP contribution in [0.25, 0.3) is 11.1 Å². The van der Waals surface area contributed by atoms with E-state index in [9.17, 15) is 0 Å². The lowest BCUT2D eigenvalue weighted by Gasteiger charge is -2.12. The number of aromatic nitrogens is 2. The van der Waals surface area contributed by atoms with Gasteiger partial charge < -0.3 is 18.9 Å². The van der Waals surface area contributed by atoms with Crippen molar-refractivity contribution < 1.29 is 18.9 Å². The highest BCUT2D eigenvalue weighted by Gasteiger charge is 2.15. The van der Waals surface area contributed by atoms with Gasteiger partial charge in [0, 0.05) is 23.3 Å². The average Bonchev–Trinajstić information content (AvgIpc) is 2.53. The Kier molecular flexibility index (Phi) is 4.24. The van der Waals surface area contributed by atoms with Crippen LogP contribution in [0.4, 0.5) is 0 Å². The minimum absolute atomic E-state index is 0.439. The SMILES string of the molecule is COc1ccc(-c2ccc(OC)nc2OC)c(OC)n1. The van der Waals surface area contributed by atoms with Crippen LogP contribution in [0.2, 0.25) is 0 Å². The maximum atomic E-state index is 5.29. The van der Waals surface area contributed by atoms with Crippen LogP contribution >= 0.6 is 0 Å². The van der Waals surface area contributed by atoms with Crippen LogP contribution in [0.3, 0.4) is 0 Å². The molecule has 0 aliphatic carbocycles. The molecular formula is C14H16N2O4. The van der Waals surface area contributed by atoms with Crippen molar-refractivity contribution in [1.29, 1.82) is 0 Å². The van der Waals surface area contributed by atoms with E-state index >= 15 is 0 Å². The summed E-state index contributed by atoms with van der Waals surface area (Å²) in [4.78, 5) is 8.49. The normalized spacial score (nSPS) is 10.0. The van der Waals surface area contributed by atoms with Gasteiger partial charge in [0.15, 0.2) is 0 Å². The second kappa shape index (κ2) is 6.10. The van der Waals surface area contributed by atoms with Gasteiger partial charge in [-0.3, -0.25) is 0 Å². The summed E-state index contributed by atoms with van der Waals surface area (Å²) >= 11 is 0. The molecule has 0 saturated heterocycles. The van der Waals surface area contributed by atoms with Crippen LogP contribution in [-0.2, 0) is 0 Å². The van der Waals surface area contributed by atoms with Crippen molar-refractivity contribution in [3.63, 3.8) is 0 Å². The first kappa shape index (κ1) is 13.9. The highest BCUT2D eigenvalue weighted by molar-refractivity contribution is 5.73.